The normalized spacial score (nSPS) is 22.8. The Balaban J connectivity index is 1.49. The molecule has 1 aliphatic heterocycles. The van der Waals surface area contributed by atoms with E-state index in [1.54, 1.807) is 41.6 Å². The summed E-state index contributed by atoms with van der Waals surface area (Å²) in [6, 6.07) is 5.17. The monoisotopic (exact) mass is 357 g/mol. The van der Waals surface area contributed by atoms with Gasteiger partial charge in [-0.15, -0.1) is 11.8 Å². The molecule has 2 fully saturated rings. The first-order valence-electron chi connectivity index (χ1n) is 8.36. The van der Waals surface area contributed by atoms with Gasteiger partial charge in [-0.25, -0.2) is 0 Å². The Morgan fingerprint density at radius 1 is 1.36 bits per heavy atom. The van der Waals surface area contributed by atoms with Crippen molar-refractivity contribution in [1.82, 2.24) is 15.2 Å². The highest BCUT2D eigenvalue weighted by molar-refractivity contribution is 7.99. The molecular weight excluding hydrogens is 338 g/mol. The molecule has 1 saturated heterocycles. The maximum atomic E-state index is 12.8. The van der Waals surface area contributed by atoms with E-state index in [0.717, 1.165) is 24.0 Å². The summed E-state index contributed by atoms with van der Waals surface area (Å²) >= 11 is 1.61. The predicted octanol–water partition coefficient (Wildman–Crippen LogP) is 2.34. The van der Waals surface area contributed by atoms with Crippen LogP contribution in [0.1, 0.15) is 29.3 Å². The number of carbonyl (C=O) groups is 2. The van der Waals surface area contributed by atoms with Crippen molar-refractivity contribution in [2.75, 3.05) is 5.75 Å². The maximum absolute atomic E-state index is 12.8. The van der Waals surface area contributed by atoms with Gasteiger partial charge in [0.2, 0.25) is 11.8 Å². The number of pyridine rings is 1. The van der Waals surface area contributed by atoms with E-state index in [9.17, 15) is 9.59 Å². The first kappa shape index (κ1) is 16.2. The summed E-state index contributed by atoms with van der Waals surface area (Å²) in [4.78, 5) is 31.3. The SMILES string of the molecule is O=C(NCc1cccnc1)[C@H]1CS[C@H](c2ccoc2)N1C(=O)C1CC1. The minimum Gasteiger partial charge on any atom is -0.472 e. The van der Waals surface area contributed by atoms with Gasteiger partial charge in [-0.05, 0) is 30.5 Å². The lowest BCUT2D eigenvalue weighted by Gasteiger charge is -2.28. The molecule has 2 atom stereocenters. The molecule has 0 bridgehead atoms. The molecular formula is C18H19N3O3S. The Morgan fingerprint density at radius 2 is 2.24 bits per heavy atom. The molecule has 1 aliphatic carbocycles. The van der Waals surface area contributed by atoms with Gasteiger partial charge in [-0.2, -0.15) is 0 Å². The third-order valence-electron chi connectivity index (χ3n) is 4.50. The van der Waals surface area contributed by atoms with Crippen LogP contribution in [0.2, 0.25) is 0 Å². The smallest absolute Gasteiger partial charge is 0.243 e. The Kier molecular flexibility index (Phi) is 4.48. The topological polar surface area (TPSA) is 75.4 Å². The fourth-order valence-electron chi connectivity index (χ4n) is 3.00. The lowest BCUT2D eigenvalue weighted by Crippen LogP contribution is -2.48. The lowest BCUT2D eigenvalue weighted by atomic mass is 10.2. The molecule has 7 heteroatoms. The van der Waals surface area contributed by atoms with Crippen molar-refractivity contribution < 1.29 is 14.0 Å². The van der Waals surface area contributed by atoms with Gasteiger partial charge >= 0.3 is 0 Å². The van der Waals surface area contributed by atoms with Crippen molar-refractivity contribution in [2.45, 2.75) is 30.8 Å². The summed E-state index contributed by atoms with van der Waals surface area (Å²) in [5, 5.41) is 2.79. The minimum absolute atomic E-state index is 0.0710. The molecule has 2 aliphatic rings. The number of nitrogens with zero attached hydrogens (tertiary/aromatic N) is 2. The molecule has 2 amide bonds. The summed E-state index contributed by atoms with van der Waals surface area (Å²) in [5.74, 6) is 0.628. The van der Waals surface area contributed by atoms with E-state index >= 15 is 0 Å². The minimum atomic E-state index is -0.449. The number of furan rings is 1. The molecule has 1 saturated carbocycles. The van der Waals surface area contributed by atoms with Crippen molar-refractivity contribution >= 4 is 23.6 Å². The summed E-state index contributed by atoms with van der Waals surface area (Å²) in [5.41, 5.74) is 1.87. The number of nitrogens with one attached hydrogen (secondary N) is 1. The Bertz CT molecular complexity index is 746. The molecule has 6 nitrogen and oxygen atoms in total. The first-order chi connectivity index (χ1) is 12.2. The lowest BCUT2D eigenvalue weighted by molar-refractivity contribution is -0.140. The van der Waals surface area contributed by atoms with Gasteiger partial charge < -0.3 is 14.6 Å². The molecule has 0 radical (unpaired) electrons. The van der Waals surface area contributed by atoms with E-state index < -0.39 is 6.04 Å². The fourth-order valence-corrected chi connectivity index (χ4v) is 4.42. The molecule has 0 aromatic carbocycles. The molecule has 0 spiro atoms. The Hall–Kier alpha value is -2.28. The Morgan fingerprint density at radius 3 is 2.92 bits per heavy atom. The van der Waals surface area contributed by atoms with Crippen LogP contribution in [-0.2, 0) is 16.1 Å². The van der Waals surface area contributed by atoms with Crippen molar-refractivity contribution in [1.29, 1.82) is 0 Å². The van der Waals surface area contributed by atoms with Crippen LogP contribution in [-0.4, -0.2) is 33.5 Å². The molecule has 130 valence electrons. The summed E-state index contributed by atoms with van der Waals surface area (Å²) in [6.45, 7) is 0.412. The summed E-state index contributed by atoms with van der Waals surface area (Å²) in [6.07, 6.45) is 8.52. The molecule has 25 heavy (non-hydrogen) atoms. The van der Waals surface area contributed by atoms with Crippen LogP contribution in [0, 0.1) is 5.92 Å². The van der Waals surface area contributed by atoms with E-state index in [4.69, 9.17) is 4.42 Å². The van der Waals surface area contributed by atoms with Gasteiger partial charge in [0, 0.05) is 36.2 Å². The zero-order valence-corrected chi connectivity index (χ0v) is 14.4. The van der Waals surface area contributed by atoms with Gasteiger partial charge in [0.05, 0.1) is 12.5 Å². The number of thioether (sulfide) groups is 1. The largest absolute Gasteiger partial charge is 0.472 e. The third kappa shape index (κ3) is 3.42. The van der Waals surface area contributed by atoms with E-state index in [1.165, 1.54) is 0 Å². The van der Waals surface area contributed by atoms with Crippen LogP contribution in [0.3, 0.4) is 0 Å². The Labute approximate surface area is 150 Å². The summed E-state index contributed by atoms with van der Waals surface area (Å²) < 4.78 is 5.17. The average Bonchev–Trinajstić information content (AvgIpc) is 3.17. The zero-order chi connectivity index (χ0) is 17.2. The number of amides is 2. The third-order valence-corrected chi connectivity index (χ3v) is 5.83. The summed E-state index contributed by atoms with van der Waals surface area (Å²) in [7, 11) is 0. The molecule has 0 unspecified atom stereocenters. The number of aromatic nitrogens is 1. The van der Waals surface area contributed by atoms with Crippen LogP contribution in [0.4, 0.5) is 0 Å². The molecule has 3 heterocycles. The maximum Gasteiger partial charge on any atom is 0.243 e. The number of hydrogen-bond acceptors (Lipinski definition) is 5. The van der Waals surface area contributed by atoms with Gasteiger partial charge in [0.25, 0.3) is 0 Å². The van der Waals surface area contributed by atoms with Gasteiger partial charge in [-0.1, -0.05) is 6.07 Å². The number of hydrogen-bond donors (Lipinski definition) is 1. The van der Waals surface area contributed by atoms with Gasteiger partial charge in [-0.3, -0.25) is 14.6 Å². The number of carbonyl (C=O) groups excluding carboxylic acids is 2. The zero-order valence-electron chi connectivity index (χ0n) is 13.6. The van der Waals surface area contributed by atoms with E-state index in [2.05, 4.69) is 10.3 Å². The van der Waals surface area contributed by atoms with E-state index in [-0.39, 0.29) is 23.1 Å². The first-order valence-corrected chi connectivity index (χ1v) is 9.41. The van der Waals surface area contributed by atoms with E-state index in [1.807, 2.05) is 18.2 Å². The second kappa shape index (κ2) is 6.92. The second-order valence-electron chi connectivity index (χ2n) is 6.36. The van der Waals surface area contributed by atoms with Crippen molar-refractivity contribution in [3.63, 3.8) is 0 Å². The fraction of sp³-hybridized carbons (Fsp3) is 0.389. The van der Waals surface area contributed by atoms with Crippen LogP contribution < -0.4 is 5.32 Å². The van der Waals surface area contributed by atoms with Crippen LogP contribution in [0.5, 0.6) is 0 Å². The van der Waals surface area contributed by atoms with E-state index in [0.29, 0.717) is 12.3 Å². The average molecular weight is 357 g/mol. The molecule has 4 rings (SSSR count). The predicted molar refractivity (Wildman–Crippen MR) is 93.3 cm³/mol. The van der Waals surface area contributed by atoms with Gasteiger partial charge in [0.1, 0.15) is 11.4 Å². The van der Waals surface area contributed by atoms with Crippen molar-refractivity contribution in [2.24, 2.45) is 5.92 Å². The number of rotatable bonds is 5. The standard InChI is InChI=1S/C18H19N3O3S/c22-16(20-9-12-2-1-6-19-8-12)15-11-25-18(14-5-7-24-10-14)21(15)17(23)13-3-4-13/h1-2,5-8,10,13,15,18H,3-4,9,11H2,(H,20,22)/t15-,18-/m1/s1. The van der Waals surface area contributed by atoms with Crippen LogP contribution in [0.25, 0.3) is 0 Å². The van der Waals surface area contributed by atoms with Crippen LogP contribution in [0.15, 0.2) is 47.5 Å². The highest BCUT2D eigenvalue weighted by atomic mass is 32.2. The molecule has 1 N–H and O–H groups in total. The van der Waals surface area contributed by atoms with Crippen molar-refractivity contribution in [3.8, 4) is 0 Å². The quantitative estimate of drug-likeness (QED) is 0.889. The van der Waals surface area contributed by atoms with Crippen LogP contribution >= 0.6 is 11.8 Å². The highest BCUT2D eigenvalue weighted by Gasteiger charge is 2.46. The molecule has 2 aromatic rings. The highest BCUT2D eigenvalue weighted by Crippen LogP contribution is 2.45. The second-order valence-corrected chi connectivity index (χ2v) is 7.47. The van der Waals surface area contributed by atoms with Gasteiger partial charge in [0.15, 0.2) is 0 Å². The van der Waals surface area contributed by atoms with Crippen molar-refractivity contribution in [3.05, 3.63) is 54.2 Å². The molecule has 2 aromatic heterocycles.